The van der Waals surface area contributed by atoms with Gasteiger partial charge < -0.3 is 10.1 Å². The number of ether oxygens (including phenoxy) is 1. The molecule has 1 aromatic carbocycles. The Hall–Kier alpha value is -0.610. The molecule has 0 bridgehead atoms. The number of rotatable bonds is 8. The minimum atomic E-state index is 0.337. The van der Waals surface area contributed by atoms with Gasteiger partial charge in [-0.25, -0.2) is 0 Å². The molecule has 0 aliphatic rings. The molecule has 4 heteroatoms. The van der Waals surface area contributed by atoms with E-state index in [1.165, 1.54) is 0 Å². The number of nitrogens with zero attached hydrogens (tertiary/aromatic N) is 1. The molecule has 0 saturated carbocycles. The summed E-state index contributed by atoms with van der Waals surface area (Å²) in [6, 6.07) is 8.80. The monoisotopic (exact) mass is 284 g/mol. The van der Waals surface area contributed by atoms with E-state index in [0.717, 1.165) is 23.7 Å². The van der Waals surface area contributed by atoms with Crippen LogP contribution >= 0.6 is 11.6 Å². The molecule has 1 atom stereocenters. The third-order valence-corrected chi connectivity index (χ3v) is 3.49. The highest BCUT2D eigenvalue weighted by atomic mass is 35.5. The normalized spacial score (nSPS) is 13.2. The molecule has 0 amide bonds. The van der Waals surface area contributed by atoms with Crippen molar-refractivity contribution >= 4 is 11.6 Å². The first-order chi connectivity index (χ1) is 9.04. The molecule has 1 unspecified atom stereocenters. The summed E-state index contributed by atoms with van der Waals surface area (Å²) in [5.74, 6) is 0. The second kappa shape index (κ2) is 8.54. The highest BCUT2D eigenvalue weighted by molar-refractivity contribution is 6.31. The van der Waals surface area contributed by atoms with Crippen molar-refractivity contribution in [3.05, 3.63) is 34.9 Å². The zero-order chi connectivity index (χ0) is 14.3. The van der Waals surface area contributed by atoms with Crippen LogP contribution in [0.5, 0.6) is 0 Å². The van der Waals surface area contributed by atoms with Crippen LogP contribution in [0.2, 0.25) is 5.02 Å². The Kier molecular flexibility index (Phi) is 7.39. The van der Waals surface area contributed by atoms with Gasteiger partial charge in [0.2, 0.25) is 0 Å². The summed E-state index contributed by atoms with van der Waals surface area (Å²) >= 11 is 6.20. The summed E-state index contributed by atoms with van der Waals surface area (Å²) in [5.41, 5.74) is 1.15. The molecule has 0 heterocycles. The third-order valence-electron chi connectivity index (χ3n) is 3.12. The van der Waals surface area contributed by atoms with Crippen LogP contribution in [-0.4, -0.2) is 44.3 Å². The van der Waals surface area contributed by atoms with E-state index in [4.69, 9.17) is 16.3 Å². The lowest BCUT2D eigenvalue weighted by Gasteiger charge is -2.29. The largest absolute Gasteiger partial charge is 0.383 e. The maximum Gasteiger partial charge on any atom is 0.0630 e. The van der Waals surface area contributed by atoms with E-state index in [9.17, 15) is 0 Å². The van der Waals surface area contributed by atoms with Crippen LogP contribution in [0.3, 0.4) is 0 Å². The van der Waals surface area contributed by atoms with E-state index in [1.807, 2.05) is 18.2 Å². The lowest BCUT2D eigenvalue weighted by atomic mass is 10.2. The Morgan fingerprint density at radius 2 is 2.00 bits per heavy atom. The molecule has 1 N–H and O–H groups in total. The molecule has 0 saturated heterocycles. The average Bonchev–Trinajstić information content (AvgIpc) is 2.37. The molecule has 0 spiro atoms. The van der Waals surface area contributed by atoms with E-state index >= 15 is 0 Å². The fourth-order valence-corrected chi connectivity index (χ4v) is 2.13. The van der Waals surface area contributed by atoms with Gasteiger partial charge in [-0.2, -0.15) is 0 Å². The van der Waals surface area contributed by atoms with E-state index in [-0.39, 0.29) is 0 Å². The van der Waals surface area contributed by atoms with Gasteiger partial charge >= 0.3 is 0 Å². The van der Waals surface area contributed by atoms with Gasteiger partial charge in [-0.1, -0.05) is 43.6 Å². The number of likely N-dealkylation sites (N-methyl/N-ethyl adjacent to an activating group) is 1. The molecular weight excluding hydrogens is 260 g/mol. The number of hydrogen-bond donors (Lipinski definition) is 1. The Balaban J connectivity index is 2.60. The van der Waals surface area contributed by atoms with Crippen molar-refractivity contribution in [1.29, 1.82) is 0 Å². The molecule has 0 radical (unpaired) electrons. The Bertz CT molecular complexity index is 371. The maximum absolute atomic E-state index is 6.20. The lowest BCUT2D eigenvalue weighted by molar-refractivity contribution is 0.100. The van der Waals surface area contributed by atoms with Gasteiger partial charge in [0, 0.05) is 37.3 Å². The number of benzene rings is 1. The number of hydrogen-bond acceptors (Lipinski definition) is 3. The molecule has 1 rings (SSSR count). The van der Waals surface area contributed by atoms with Crippen molar-refractivity contribution < 1.29 is 4.74 Å². The summed E-state index contributed by atoms with van der Waals surface area (Å²) < 4.78 is 5.31. The van der Waals surface area contributed by atoms with Gasteiger partial charge in [-0.05, 0) is 18.7 Å². The van der Waals surface area contributed by atoms with E-state index in [0.29, 0.717) is 18.7 Å². The topological polar surface area (TPSA) is 24.5 Å². The fraction of sp³-hybridized carbons (Fsp3) is 0.600. The molecule has 0 aromatic heterocycles. The molecule has 1 aromatic rings. The van der Waals surface area contributed by atoms with Crippen molar-refractivity contribution in [3.63, 3.8) is 0 Å². The minimum absolute atomic E-state index is 0.337. The minimum Gasteiger partial charge on any atom is -0.383 e. The van der Waals surface area contributed by atoms with Crippen LogP contribution in [0, 0.1) is 0 Å². The molecule has 108 valence electrons. The van der Waals surface area contributed by atoms with Gasteiger partial charge in [0.1, 0.15) is 0 Å². The second-order valence-electron chi connectivity index (χ2n) is 5.18. The molecular formula is C15H25ClN2O. The zero-order valence-corrected chi connectivity index (χ0v) is 13.1. The first-order valence-electron chi connectivity index (χ1n) is 6.70. The van der Waals surface area contributed by atoms with Gasteiger partial charge in [-0.3, -0.25) is 4.90 Å². The van der Waals surface area contributed by atoms with E-state index in [2.05, 4.69) is 37.2 Å². The van der Waals surface area contributed by atoms with Crippen LogP contribution in [0.25, 0.3) is 0 Å². The number of nitrogens with one attached hydrogen (secondary N) is 1. The fourth-order valence-electron chi connectivity index (χ4n) is 1.93. The average molecular weight is 285 g/mol. The van der Waals surface area contributed by atoms with Crippen molar-refractivity contribution in [3.8, 4) is 0 Å². The van der Waals surface area contributed by atoms with Gasteiger partial charge in [0.15, 0.2) is 0 Å². The standard InChI is InChI=1S/C15H25ClN2O/c1-12(2)17-9-14(11-19-4)18(3)10-13-7-5-6-8-15(13)16/h5-8,12,14,17H,9-11H2,1-4H3. The van der Waals surface area contributed by atoms with Gasteiger partial charge in [0.05, 0.1) is 6.61 Å². The van der Waals surface area contributed by atoms with Crippen molar-refractivity contribution in [2.75, 3.05) is 27.3 Å². The Morgan fingerprint density at radius 3 is 2.58 bits per heavy atom. The highest BCUT2D eigenvalue weighted by Crippen LogP contribution is 2.17. The number of halogens is 1. The molecule has 0 fully saturated rings. The van der Waals surface area contributed by atoms with Gasteiger partial charge in [-0.15, -0.1) is 0 Å². The first kappa shape index (κ1) is 16.4. The SMILES string of the molecule is COCC(CNC(C)C)N(C)Cc1ccccc1Cl. The van der Waals surface area contributed by atoms with Crippen molar-refractivity contribution in [2.45, 2.75) is 32.5 Å². The number of methoxy groups -OCH3 is 1. The van der Waals surface area contributed by atoms with Gasteiger partial charge in [0.25, 0.3) is 0 Å². The van der Waals surface area contributed by atoms with E-state index < -0.39 is 0 Å². The molecule has 0 aliphatic carbocycles. The maximum atomic E-state index is 6.20. The summed E-state index contributed by atoms with van der Waals surface area (Å²) in [6.45, 7) is 6.75. The smallest absolute Gasteiger partial charge is 0.0630 e. The van der Waals surface area contributed by atoms with Crippen LogP contribution in [0.15, 0.2) is 24.3 Å². The van der Waals surface area contributed by atoms with Crippen LogP contribution in [-0.2, 0) is 11.3 Å². The van der Waals surface area contributed by atoms with Crippen molar-refractivity contribution in [1.82, 2.24) is 10.2 Å². The lowest BCUT2D eigenvalue weighted by Crippen LogP contribution is -2.44. The quantitative estimate of drug-likeness (QED) is 0.794. The first-order valence-corrected chi connectivity index (χ1v) is 7.08. The van der Waals surface area contributed by atoms with Crippen molar-refractivity contribution in [2.24, 2.45) is 0 Å². The predicted octanol–water partition coefficient (Wildman–Crippen LogP) is 2.78. The summed E-state index contributed by atoms with van der Waals surface area (Å²) in [7, 11) is 3.85. The summed E-state index contributed by atoms with van der Waals surface area (Å²) in [5, 5.41) is 4.28. The molecule has 19 heavy (non-hydrogen) atoms. The van der Waals surface area contributed by atoms with Crippen LogP contribution in [0.4, 0.5) is 0 Å². The van der Waals surface area contributed by atoms with Crippen LogP contribution < -0.4 is 5.32 Å². The van der Waals surface area contributed by atoms with Crippen LogP contribution in [0.1, 0.15) is 19.4 Å². The molecule has 3 nitrogen and oxygen atoms in total. The second-order valence-corrected chi connectivity index (χ2v) is 5.59. The highest BCUT2D eigenvalue weighted by Gasteiger charge is 2.16. The predicted molar refractivity (Wildman–Crippen MR) is 81.7 cm³/mol. The molecule has 0 aliphatic heterocycles. The zero-order valence-electron chi connectivity index (χ0n) is 12.3. The third kappa shape index (κ3) is 5.91. The Morgan fingerprint density at radius 1 is 1.32 bits per heavy atom. The summed E-state index contributed by atoms with van der Waals surface area (Å²) in [6.07, 6.45) is 0. The van der Waals surface area contributed by atoms with E-state index in [1.54, 1.807) is 7.11 Å². The summed E-state index contributed by atoms with van der Waals surface area (Å²) in [4.78, 5) is 2.28. The Labute approximate surface area is 121 Å².